The molecule has 2 rings (SSSR count). The van der Waals surface area contributed by atoms with Crippen LogP contribution in [-0.4, -0.2) is 23.1 Å². The first-order valence-electron chi connectivity index (χ1n) is 10.3. The van der Waals surface area contributed by atoms with E-state index in [9.17, 15) is 9.59 Å². The zero-order valence-electron chi connectivity index (χ0n) is 18.9. The summed E-state index contributed by atoms with van der Waals surface area (Å²) in [5.41, 5.74) is 5.36. The molecule has 0 spiro atoms. The van der Waals surface area contributed by atoms with Gasteiger partial charge >= 0.3 is 5.97 Å². The molecule has 0 saturated carbocycles. The molecule has 0 saturated heterocycles. The average molecular weight is 399 g/mol. The van der Waals surface area contributed by atoms with E-state index in [-0.39, 0.29) is 30.4 Å². The Bertz CT molecular complexity index is 866. The molecule has 1 aromatic heterocycles. The summed E-state index contributed by atoms with van der Waals surface area (Å²) in [5.74, 6) is -0.256. The average Bonchev–Trinajstić information content (AvgIpc) is 2.93. The quantitative estimate of drug-likeness (QED) is 0.606. The molecule has 0 aliphatic heterocycles. The van der Waals surface area contributed by atoms with Gasteiger partial charge in [0, 0.05) is 23.1 Å². The van der Waals surface area contributed by atoms with Gasteiger partial charge in [-0.2, -0.15) is 0 Å². The Morgan fingerprint density at radius 2 is 1.55 bits per heavy atom. The van der Waals surface area contributed by atoms with Gasteiger partial charge in [0.1, 0.15) is 0 Å². The monoisotopic (exact) mass is 398 g/mol. The number of para-hydroxylation sites is 1. The Morgan fingerprint density at radius 3 is 2.00 bits per heavy atom. The summed E-state index contributed by atoms with van der Waals surface area (Å²) in [6, 6.07) is 8.14. The van der Waals surface area contributed by atoms with E-state index < -0.39 is 5.97 Å². The Morgan fingerprint density at radius 1 is 1.00 bits per heavy atom. The Labute approximate surface area is 174 Å². The molecule has 0 atom stereocenters. The molecular formula is C24H34N2O3. The van der Waals surface area contributed by atoms with Gasteiger partial charge in [0.05, 0.1) is 5.56 Å². The number of ether oxygens (including phenoxy) is 1. The van der Waals surface area contributed by atoms with Crippen molar-refractivity contribution in [3.63, 3.8) is 0 Å². The number of nitrogens with zero attached hydrogens (tertiary/aromatic N) is 1. The summed E-state index contributed by atoms with van der Waals surface area (Å²) in [4.78, 5) is 25.1. The maximum atomic E-state index is 12.6. The normalized spacial score (nSPS) is 11.4. The number of rotatable bonds is 7. The van der Waals surface area contributed by atoms with E-state index in [0.717, 1.165) is 28.2 Å². The van der Waals surface area contributed by atoms with E-state index >= 15 is 0 Å². The summed E-state index contributed by atoms with van der Waals surface area (Å²) in [6.07, 6.45) is 0. The predicted molar refractivity (Wildman–Crippen MR) is 118 cm³/mol. The van der Waals surface area contributed by atoms with Crippen LogP contribution >= 0.6 is 0 Å². The van der Waals surface area contributed by atoms with Crippen molar-refractivity contribution in [2.75, 3.05) is 11.9 Å². The van der Waals surface area contributed by atoms with Crippen LogP contribution < -0.4 is 5.32 Å². The van der Waals surface area contributed by atoms with Crippen LogP contribution in [0, 0.1) is 13.8 Å². The van der Waals surface area contributed by atoms with Crippen molar-refractivity contribution >= 4 is 17.6 Å². The lowest BCUT2D eigenvalue weighted by Crippen LogP contribution is -2.23. The molecular weight excluding hydrogens is 364 g/mol. The predicted octanol–water partition coefficient (Wildman–Crippen LogP) is 5.73. The van der Waals surface area contributed by atoms with Crippen molar-refractivity contribution in [2.24, 2.45) is 0 Å². The molecule has 158 valence electrons. The summed E-state index contributed by atoms with van der Waals surface area (Å²) < 4.78 is 7.42. The highest BCUT2D eigenvalue weighted by Crippen LogP contribution is 2.32. The molecule has 1 N–H and O–H groups in total. The fourth-order valence-electron chi connectivity index (χ4n) is 3.86. The maximum absolute atomic E-state index is 12.6. The standard InChI is InChI=1S/C24H34N2O3/c1-14(2)19-10-9-11-20(15(3)4)23(19)25-22(27)13-29-24(28)21-12-17(7)26(16(5)6)18(21)8/h9-12,14-16H,13H2,1-8H3,(H,25,27). The topological polar surface area (TPSA) is 60.3 Å². The molecule has 5 nitrogen and oxygen atoms in total. The minimum atomic E-state index is -0.471. The number of carbonyl (C=O) groups excluding carboxylic acids is 2. The zero-order valence-corrected chi connectivity index (χ0v) is 18.9. The number of nitrogens with one attached hydrogen (secondary N) is 1. The van der Waals surface area contributed by atoms with Gasteiger partial charge in [-0.25, -0.2) is 4.79 Å². The lowest BCUT2D eigenvalue weighted by molar-refractivity contribution is -0.119. The van der Waals surface area contributed by atoms with Gasteiger partial charge in [0.25, 0.3) is 5.91 Å². The first-order valence-corrected chi connectivity index (χ1v) is 10.3. The third-order valence-corrected chi connectivity index (χ3v) is 5.19. The first kappa shape index (κ1) is 22.7. The molecule has 0 bridgehead atoms. The molecule has 0 radical (unpaired) electrons. The molecule has 0 aliphatic rings. The van der Waals surface area contributed by atoms with Gasteiger partial charge in [0.15, 0.2) is 6.61 Å². The third-order valence-electron chi connectivity index (χ3n) is 5.19. The van der Waals surface area contributed by atoms with Gasteiger partial charge in [-0.1, -0.05) is 45.9 Å². The number of anilines is 1. The zero-order chi connectivity index (χ0) is 21.9. The number of carbonyl (C=O) groups is 2. The summed E-state index contributed by atoms with van der Waals surface area (Å²) in [7, 11) is 0. The largest absolute Gasteiger partial charge is 0.452 e. The van der Waals surface area contributed by atoms with Gasteiger partial charge in [-0.3, -0.25) is 4.79 Å². The minimum Gasteiger partial charge on any atom is -0.452 e. The van der Waals surface area contributed by atoms with Gasteiger partial charge in [0.2, 0.25) is 0 Å². The maximum Gasteiger partial charge on any atom is 0.340 e. The summed E-state index contributed by atoms with van der Waals surface area (Å²) >= 11 is 0. The van der Waals surface area contributed by atoms with E-state index in [1.165, 1.54) is 0 Å². The second-order valence-electron chi connectivity index (χ2n) is 8.49. The van der Waals surface area contributed by atoms with Crippen molar-refractivity contribution in [3.05, 3.63) is 52.3 Å². The number of aromatic nitrogens is 1. The van der Waals surface area contributed by atoms with Gasteiger partial charge < -0.3 is 14.6 Å². The van der Waals surface area contributed by atoms with Crippen LogP contribution in [-0.2, 0) is 9.53 Å². The molecule has 0 aliphatic carbocycles. The van der Waals surface area contributed by atoms with E-state index in [4.69, 9.17) is 4.74 Å². The lowest BCUT2D eigenvalue weighted by Gasteiger charge is -2.20. The Hall–Kier alpha value is -2.56. The number of hydrogen-bond donors (Lipinski definition) is 1. The van der Waals surface area contributed by atoms with Crippen LogP contribution in [0.3, 0.4) is 0 Å². The van der Waals surface area contributed by atoms with Crippen LogP contribution in [0.1, 0.15) is 92.3 Å². The lowest BCUT2D eigenvalue weighted by atomic mass is 9.92. The smallest absolute Gasteiger partial charge is 0.340 e. The van der Waals surface area contributed by atoms with E-state index in [1.54, 1.807) is 0 Å². The van der Waals surface area contributed by atoms with Crippen molar-refractivity contribution in [2.45, 2.75) is 73.3 Å². The second kappa shape index (κ2) is 9.29. The van der Waals surface area contributed by atoms with Crippen LogP contribution in [0.5, 0.6) is 0 Å². The van der Waals surface area contributed by atoms with Crippen molar-refractivity contribution in [1.29, 1.82) is 0 Å². The molecule has 0 fully saturated rings. The summed E-state index contributed by atoms with van der Waals surface area (Å²) in [6.45, 7) is 16.1. The molecule has 1 amide bonds. The second-order valence-corrected chi connectivity index (χ2v) is 8.49. The third kappa shape index (κ3) is 5.08. The summed E-state index contributed by atoms with van der Waals surface area (Å²) in [5, 5.41) is 2.98. The van der Waals surface area contributed by atoms with Crippen molar-refractivity contribution in [1.82, 2.24) is 4.57 Å². The van der Waals surface area contributed by atoms with E-state index in [1.807, 2.05) is 38.1 Å². The van der Waals surface area contributed by atoms with Crippen molar-refractivity contribution in [3.8, 4) is 0 Å². The molecule has 5 heteroatoms. The number of benzene rings is 1. The Kier molecular flexibility index (Phi) is 7.28. The Balaban J connectivity index is 2.14. The van der Waals surface area contributed by atoms with Crippen molar-refractivity contribution < 1.29 is 14.3 Å². The number of amides is 1. The number of hydrogen-bond acceptors (Lipinski definition) is 3. The van der Waals surface area contributed by atoms with Crippen LogP contribution in [0.2, 0.25) is 0 Å². The van der Waals surface area contributed by atoms with Crippen LogP contribution in [0.4, 0.5) is 5.69 Å². The van der Waals surface area contributed by atoms with Gasteiger partial charge in [-0.05, 0) is 56.7 Å². The van der Waals surface area contributed by atoms with Crippen LogP contribution in [0.15, 0.2) is 24.3 Å². The molecule has 2 aromatic rings. The number of aryl methyl sites for hydroxylation is 1. The molecule has 1 aromatic carbocycles. The molecule has 1 heterocycles. The molecule has 0 unspecified atom stereocenters. The number of esters is 1. The fourth-order valence-corrected chi connectivity index (χ4v) is 3.86. The minimum absolute atomic E-state index is 0.252. The first-order chi connectivity index (χ1) is 13.5. The fraction of sp³-hybridized carbons (Fsp3) is 0.500. The van der Waals surface area contributed by atoms with Gasteiger partial charge in [-0.15, -0.1) is 0 Å². The van der Waals surface area contributed by atoms with Crippen LogP contribution in [0.25, 0.3) is 0 Å². The highest BCUT2D eigenvalue weighted by molar-refractivity contribution is 5.97. The molecule has 29 heavy (non-hydrogen) atoms. The van der Waals surface area contributed by atoms with E-state index in [0.29, 0.717) is 5.56 Å². The SMILES string of the molecule is Cc1cc(C(=O)OCC(=O)Nc2c(C(C)C)cccc2C(C)C)c(C)n1C(C)C. The van der Waals surface area contributed by atoms with E-state index in [2.05, 4.69) is 51.4 Å². The highest BCUT2D eigenvalue weighted by Gasteiger charge is 2.20. The highest BCUT2D eigenvalue weighted by atomic mass is 16.5.